The molecule has 1 aliphatic carbocycles. The molecule has 0 radical (unpaired) electrons. The van der Waals surface area contributed by atoms with Crippen LogP contribution in [0.1, 0.15) is 18.9 Å². The summed E-state index contributed by atoms with van der Waals surface area (Å²) in [6.45, 7) is 3.57. The minimum absolute atomic E-state index is 0.0759. The van der Waals surface area contributed by atoms with Gasteiger partial charge in [0.05, 0.1) is 10.5 Å². The van der Waals surface area contributed by atoms with E-state index < -0.39 is 22.4 Å². The predicted molar refractivity (Wildman–Crippen MR) is 84.2 cm³/mol. The molecular weight excluding hydrogens is 339 g/mol. The third kappa shape index (κ3) is 3.54. The van der Waals surface area contributed by atoms with Crippen LogP contribution in [-0.2, 0) is 11.0 Å². The lowest BCUT2D eigenvalue weighted by Gasteiger charge is -2.36. The molecule has 1 aromatic carbocycles. The van der Waals surface area contributed by atoms with Gasteiger partial charge in [0, 0.05) is 38.2 Å². The van der Waals surface area contributed by atoms with Crippen molar-refractivity contribution in [3.8, 4) is 0 Å². The first-order valence-electron chi connectivity index (χ1n) is 8.08. The second-order valence-corrected chi connectivity index (χ2v) is 6.59. The van der Waals surface area contributed by atoms with E-state index in [-0.39, 0.29) is 17.5 Å². The highest BCUT2D eigenvalue weighted by atomic mass is 19.4. The van der Waals surface area contributed by atoms with Crippen molar-refractivity contribution in [2.45, 2.75) is 19.5 Å². The Kier molecular flexibility index (Phi) is 4.34. The van der Waals surface area contributed by atoms with Gasteiger partial charge in [0.2, 0.25) is 5.91 Å². The number of alkyl halides is 3. The van der Waals surface area contributed by atoms with Crippen molar-refractivity contribution in [3.63, 3.8) is 0 Å². The molecule has 9 heteroatoms. The van der Waals surface area contributed by atoms with Gasteiger partial charge in [-0.2, -0.15) is 13.2 Å². The van der Waals surface area contributed by atoms with Crippen molar-refractivity contribution in [1.29, 1.82) is 0 Å². The van der Waals surface area contributed by atoms with E-state index in [1.807, 2.05) is 6.92 Å². The van der Waals surface area contributed by atoms with Gasteiger partial charge in [-0.1, -0.05) is 6.92 Å². The number of halogens is 3. The van der Waals surface area contributed by atoms with E-state index in [1.54, 1.807) is 9.80 Å². The number of piperazine rings is 1. The molecule has 6 nitrogen and oxygen atoms in total. The number of hydrogen-bond donors (Lipinski definition) is 0. The first-order chi connectivity index (χ1) is 11.7. The van der Waals surface area contributed by atoms with Gasteiger partial charge < -0.3 is 9.80 Å². The van der Waals surface area contributed by atoms with Crippen LogP contribution in [-0.4, -0.2) is 41.9 Å². The molecule has 1 aromatic rings. The highest BCUT2D eigenvalue weighted by molar-refractivity contribution is 5.82. The molecule has 2 fully saturated rings. The Morgan fingerprint density at radius 3 is 2.32 bits per heavy atom. The minimum Gasteiger partial charge on any atom is -0.362 e. The van der Waals surface area contributed by atoms with Crippen molar-refractivity contribution >= 4 is 17.3 Å². The smallest absolute Gasteiger partial charge is 0.362 e. The fourth-order valence-corrected chi connectivity index (χ4v) is 3.18. The normalized spacial score (nSPS) is 23.5. The first-order valence-corrected chi connectivity index (χ1v) is 8.08. The van der Waals surface area contributed by atoms with Crippen LogP contribution in [0.25, 0.3) is 0 Å². The quantitative estimate of drug-likeness (QED) is 0.616. The largest absolute Gasteiger partial charge is 0.416 e. The first kappa shape index (κ1) is 17.5. The molecule has 0 bridgehead atoms. The van der Waals surface area contributed by atoms with Crippen LogP contribution in [0.4, 0.5) is 24.5 Å². The van der Waals surface area contributed by atoms with Gasteiger partial charge in [-0.05, 0) is 24.5 Å². The van der Waals surface area contributed by atoms with Crippen LogP contribution in [0.15, 0.2) is 18.2 Å². The fraction of sp³-hybridized carbons (Fsp3) is 0.562. The van der Waals surface area contributed by atoms with Crippen LogP contribution >= 0.6 is 0 Å². The van der Waals surface area contributed by atoms with Gasteiger partial charge in [-0.15, -0.1) is 0 Å². The van der Waals surface area contributed by atoms with Crippen molar-refractivity contribution < 1.29 is 22.9 Å². The zero-order valence-electron chi connectivity index (χ0n) is 13.6. The number of anilines is 1. The molecule has 2 unspecified atom stereocenters. The van der Waals surface area contributed by atoms with Crippen molar-refractivity contribution in [3.05, 3.63) is 33.9 Å². The van der Waals surface area contributed by atoms with Gasteiger partial charge in [-0.3, -0.25) is 14.9 Å². The summed E-state index contributed by atoms with van der Waals surface area (Å²) in [6.07, 6.45) is -3.74. The Labute approximate surface area is 142 Å². The predicted octanol–water partition coefficient (Wildman–Crippen LogP) is 2.92. The van der Waals surface area contributed by atoms with Crippen LogP contribution in [0.2, 0.25) is 0 Å². The molecule has 1 saturated heterocycles. The molecule has 0 spiro atoms. The zero-order chi connectivity index (χ0) is 18.4. The highest BCUT2D eigenvalue weighted by Crippen LogP contribution is 2.40. The maximum atomic E-state index is 12.8. The van der Waals surface area contributed by atoms with Gasteiger partial charge in [-0.25, -0.2) is 0 Å². The van der Waals surface area contributed by atoms with E-state index >= 15 is 0 Å². The van der Waals surface area contributed by atoms with E-state index in [2.05, 4.69) is 0 Å². The number of carbonyl (C=O) groups excluding carboxylic acids is 1. The summed E-state index contributed by atoms with van der Waals surface area (Å²) >= 11 is 0. The van der Waals surface area contributed by atoms with Crippen LogP contribution < -0.4 is 4.90 Å². The Bertz CT molecular complexity index is 700. The number of rotatable bonds is 3. The highest BCUT2D eigenvalue weighted by Gasteiger charge is 2.42. The molecule has 2 atom stereocenters. The number of benzene rings is 1. The lowest BCUT2D eigenvalue weighted by molar-refractivity contribution is -0.384. The minimum atomic E-state index is -4.63. The van der Waals surface area contributed by atoms with Crippen LogP contribution in [0.5, 0.6) is 0 Å². The maximum absolute atomic E-state index is 12.8. The number of nitrogens with zero attached hydrogens (tertiary/aromatic N) is 3. The monoisotopic (exact) mass is 357 g/mol. The zero-order valence-corrected chi connectivity index (χ0v) is 13.6. The van der Waals surface area contributed by atoms with Crippen LogP contribution in [0.3, 0.4) is 0 Å². The van der Waals surface area contributed by atoms with Crippen molar-refractivity contribution in [1.82, 2.24) is 4.90 Å². The molecule has 1 heterocycles. The molecule has 25 heavy (non-hydrogen) atoms. The molecule has 136 valence electrons. The number of amides is 1. The number of nitro benzene ring substituents is 1. The summed E-state index contributed by atoms with van der Waals surface area (Å²) in [5, 5.41) is 11.2. The summed E-state index contributed by atoms with van der Waals surface area (Å²) < 4.78 is 38.3. The fourth-order valence-electron chi connectivity index (χ4n) is 3.18. The van der Waals surface area contributed by atoms with Gasteiger partial charge in [0.1, 0.15) is 5.69 Å². The Hall–Kier alpha value is -2.32. The van der Waals surface area contributed by atoms with E-state index in [4.69, 9.17) is 0 Å². The number of hydrogen-bond acceptors (Lipinski definition) is 4. The van der Waals surface area contributed by atoms with E-state index in [9.17, 15) is 28.1 Å². The summed E-state index contributed by atoms with van der Waals surface area (Å²) in [6, 6.07) is 2.56. The van der Waals surface area contributed by atoms with E-state index in [0.717, 1.165) is 18.6 Å². The van der Waals surface area contributed by atoms with Crippen molar-refractivity contribution in [2.24, 2.45) is 11.8 Å². The summed E-state index contributed by atoms with van der Waals surface area (Å²) in [5.41, 5.74) is -1.45. The molecule has 2 aliphatic rings. The van der Waals surface area contributed by atoms with Gasteiger partial charge in [0.15, 0.2) is 0 Å². The lowest BCUT2D eigenvalue weighted by atomic mass is 10.1. The Morgan fingerprint density at radius 1 is 1.24 bits per heavy atom. The van der Waals surface area contributed by atoms with Gasteiger partial charge >= 0.3 is 6.18 Å². The standard InChI is InChI=1S/C16H18F3N3O3/c1-10-8-12(10)15(23)21-6-4-20(5-7-21)13-3-2-11(16(17,18)19)9-14(13)22(24)25/h2-3,9-10,12H,4-8H2,1H3. The summed E-state index contributed by atoms with van der Waals surface area (Å²) in [4.78, 5) is 26.0. The number of nitro groups is 1. The third-order valence-corrected chi connectivity index (χ3v) is 4.86. The van der Waals surface area contributed by atoms with Gasteiger partial charge in [0.25, 0.3) is 5.69 Å². The summed E-state index contributed by atoms with van der Waals surface area (Å²) in [5.74, 6) is 0.586. The summed E-state index contributed by atoms with van der Waals surface area (Å²) in [7, 11) is 0. The SMILES string of the molecule is CC1CC1C(=O)N1CCN(c2ccc(C(F)(F)F)cc2[N+](=O)[O-])CC1. The Balaban J connectivity index is 1.74. The maximum Gasteiger partial charge on any atom is 0.416 e. The third-order valence-electron chi connectivity index (χ3n) is 4.86. The molecular formula is C16H18F3N3O3. The Morgan fingerprint density at radius 2 is 1.84 bits per heavy atom. The average molecular weight is 357 g/mol. The lowest BCUT2D eigenvalue weighted by Crippen LogP contribution is -2.49. The average Bonchev–Trinajstić information content (AvgIpc) is 3.29. The molecule has 0 N–H and O–H groups in total. The molecule has 1 amide bonds. The van der Waals surface area contributed by atoms with Crippen molar-refractivity contribution in [2.75, 3.05) is 31.1 Å². The molecule has 1 aliphatic heterocycles. The molecule has 0 aromatic heterocycles. The number of carbonyl (C=O) groups is 1. The molecule has 1 saturated carbocycles. The van der Waals surface area contributed by atoms with Crippen LogP contribution in [0, 0.1) is 22.0 Å². The second-order valence-electron chi connectivity index (χ2n) is 6.59. The molecule has 3 rings (SSSR count). The second kappa shape index (κ2) is 6.20. The topological polar surface area (TPSA) is 66.7 Å². The van der Waals surface area contributed by atoms with E-state index in [0.29, 0.717) is 38.2 Å². The van der Waals surface area contributed by atoms with E-state index in [1.165, 1.54) is 0 Å².